The molecule has 0 aliphatic carbocycles. The van der Waals surface area contributed by atoms with Crippen molar-refractivity contribution in [3.05, 3.63) is 29.6 Å². The van der Waals surface area contributed by atoms with E-state index in [9.17, 15) is 4.39 Å². The smallest absolute Gasteiger partial charge is 0.128 e. The molecule has 3 nitrogen and oxygen atoms in total. The molecule has 1 aromatic carbocycles. The van der Waals surface area contributed by atoms with Crippen molar-refractivity contribution in [1.82, 2.24) is 0 Å². The summed E-state index contributed by atoms with van der Waals surface area (Å²) in [6, 6.07) is 3.81. The van der Waals surface area contributed by atoms with E-state index in [1.807, 2.05) is 0 Å². The van der Waals surface area contributed by atoms with Crippen LogP contribution in [0.4, 0.5) is 10.1 Å². The molecule has 0 bridgehead atoms. The number of anilines is 1. The Morgan fingerprint density at radius 3 is 2.67 bits per heavy atom. The molecule has 0 saturated heterocycles. The van der Waals surface area contributed by atoms with Gasteiger partial charge in [0.2, 0.25) is 0 Å². The summed E-state index contributed by atoms with van der Waals surface area (Å²) in [5.74, 6) is -0.359. The lowest BCUT2D eigenvalue weighted by molar-refractivity contribution is 0.584. The van der Waals surface area contributed by atoms with E-state index < -0.39 is 6.04 Å². The summed E-state index contributed by atoms with van der Waals surface area (Å²) in [4.78, 5) is 0. The molecule has 0 spiro atoms. The normalized spacial score (nSPS) is 12.9. The molecule has 1 aromatic rings. The van der Waals surface area contributed by atoms with Gasteiger partial charge in [0.05, 0.1) is 0 Å². The van der Waals surface area contributed by atoms with Gasteiger partial charge < -0.3 is 17.2 Å². The Morgan fingerprint density at radius 2 is 2.08 bits per heavy atom. The minimum Gasteiger partial charge on any atom is -0.399 e. The van der Waals surface area contributed by atoms with Gasteiger partial charge in [-0.1, -0.05) is 0 Å². The first-order chi connectivity index (χ1) is 5.65. The number of nitrogen functional groups attached to an aromatic ring is 1. The lowest BCUT2D eigenvalue weighted by Crippen LogP contribution is -2.21. The molecule has 0 aliphatic heterocycles. The first-order valence-corrected chi connectivity index (χ1v) is 3.65. The van der Waals surface area contributed by atoms with Crippen LogP contribution in [0.15, 0.2) is 18.2 Å². The quantitative estimate of drug-likeness (QED) is 0.559. The highest BCUT2D eigenvalue weighted by atomic mass is 19.1. The molecule has 1 rings (SSSR count). The summed E-state index contributed by atoms with van der Waals surface area (Å²) in [6.07, 6.45) is 0. The second kappa shape index (κ2) is 3.51. The fourth-order valence-electron chi connectivity index (χ4n) is 0.973. The molecule has 1 atom stereocenters. The van der Waals surface area contributed by atoms with Crippen LogP contribution in [0.3, 0.4) is 0 Å². The first kappa shape index (κ1) is 8.96. The lowest BCUT2D eigenvalue weighted by Gasteiger charge is -2.10. The Labute approximate surface area is 70.3 Å². The van der Waals surface area contributed by atoms with Crippen molar-refractivity contribution in [3.8, 4) is 0 Å². The van der Waals surface area contributed by atoms with E-state index in [1.54, 1.807) is 0 Å². The molecule has 0 amide bonds. The van der Waals surface area contributed by atoms with E-state index in [1.165, 1.54) is 18.2 Å². The number of rotatable bonds is 2. The maximum absolute atomic E-state index is 13.0. The zero-order chi connectivity index (χ0) is 9.14. The summed E-state index contributed by atoms with van der Waals surface area (Å²) in [5.41, 5.74) is 17.2. The first-order valence-electron chi connectivity index (χ1n) is 3.65. The minimum absolute atomic E-state index is 0.209. The molecular weight excluding hydrogens is 157 g/mol. The average molecular weight is 169 g/mol. The maximum atomic E-state index is 13.0. The third kappa shape index (κ3) is 1.72. The van der Waals surface area contributed by atoms with Crippen molar-refractivity contribution >= 4 is 5.69 Å². The van der Waals surface area contributed by atoms with Gasteiger partial charge >= 0.3 is 0 Å². The Morgan fingerprint density at radius 1 is 1.42 bits per heavy atom. The van der Waals surface area contributed by atoms with E-state index in [4.69, 9.17) is 17.2 Å². The zero-order valence-corrected chi connectivity index (χ0v) is 6.63. The fraction of sp³-hybridized carbons (Fsp3) is 0.250. The van der Waals surface area contributed by atoms with Crippen LogP contribution >= 0.6 is 0 Å². The minimum atomic E-state index is -0.478. The number of benzene rings is 1. The van der Waals surface area contributed by atoms with E-state index in [0.29, 0.717) is 11.3 Å². The average Bonchev–Trinajstić information content (AvgIpc) is 2.08. The fourth-order valence-corrected chi connectivity index (χ4v) is 0.973. The zero-order valence-electron chi connectivity index (χ0n) is 6.63. The van der Waals surface area contributed by atoms with Gasteiger partial charge in [-0.3, -0.25) is 0 Å². The van der Waals surface area contributed by atoms with Crippen LogP contribution in [-0.4, -0.2) is 6.54 Å². The lowest BCUT2D eigenvalue weighted by atomic mass is 10.1. The van der Waals surface area contributed by atoms with Gasteiger partial charge in [-0.2, -0.15) is 0 Å². The van der Waals surface area contributed by atoms with Crippen LogP contribution in [0.1, 0.15) is 11.6 Å². The van der Waals surface area contributed by atoms with Crippen LogP contribution in [0.5, 0.6) is 0 Å². The van der Waals surface area contributed by atoms with Crippen LogP contribution in [-0.2, 0) is 0 Å². The molecule has 12 heavy (non-hydrogen) atoms. The van der Waals surface area contributed by atoms with Crippen molar-refractivity contribution in [3.63, 3.8) is 0 Å². The monoisotopic (exact) mass is 169 g/mol. The van der Waals surface area contributed by atoms with E-state index >= 15 is 0 Å². The van der Waals surface area contributed by atoms with Crippen molar-refractivity contribution in [2.45, 2.75) is 6.04 Å². The highest BCUT2D eigenvalue weighted by Crippen LogP contribution is 2.17. The molecule has 6 N–H and O–H groups in total. The van der Waals surface area contributed by atoms with Gasteiger partial charge in [0.15, 0.2) is 0 Å². The molecule has 0 aliphatic rings. The highest BCUT2D eigenvalue weighted by Gasteiger charge is 2.09. The molecular formula is C8H12FN3. The largest absolute Gasteiger partial charge is 0.399 e. The third-order valence-electron chi connectivity index (χ3n) is 1.67. The SMILES string of the molecule is NC[C@@H](N)c1cc(N)ccc1F. The van der Waals surface area contributed by atoms with Crippen molar-refractivity contribution in [1.29, 1.82) is 0 Å². The van der Waals surface area contributed by atoms with E-state index in [-0.39, 0.29) is 12.4 Å². The summed E-state index contributed by atoms with van der Waals surface area (Å²) in [6.45, 7) is 0.209. The predicted molar refractivity (Wildman–Crippen MR) is 46.8 cm³/mol. The molecule has 0 radical (unpaired) electrons. The summed E-state index contributed by atoms with van der Waals surface area (Å²) < 4.78 is 13.0. The number of hydrogen-bond donors (Lipinski definition) is 3. The van der Waals surface area contributed by atoms with Gasteiger partial charge in [0.1, 0.15) is 5.82 Å². The predicted octanol–water partition coefficient (Wildman–Crippen LogP) is 0.366. The number of halogens is 1. The maximum Gasteiger partial charge on any atom is 0.128 e. The standard InChI is InChI=1S/C8H12FN3/c9-7-2-1-5(11)3-6(7)8(12)4-10/h1-3,8H,4,10-12H2/t8-/m1/s1. The van der Waals surface area contributed by atoms with E-state index in [2.05, 4.69) is 0 Å². The van der Waals surface area contributed by atoms with Crippen molar-refractivity contribution < 1.29 is 4.39 Å². The summed E-state index contributed by atoms with van der Waals surface area (Å²) >= 11 is 0. The summed E-state index contributed by atoms with van der Waals surface area (Å²) in [5, 5.41) is 0. The Bertz CT molecular complexity index is 275. The molecule has 0 saturated carbocycles. The van der Waals surface area contributed by atoms with Crippen LogP contribution in [0, 0.1) is 5.82 Å². The molecule has 4 heteroatoms. The number of hydrogen-bond acceptors (Lipinski definition) is 3. The summed E-state index contributed by atoms with van der Waals surface area (Å²) in [7, 11) is 0. The molecule has 0 unspecified atom stereocenters. The van der Waals surface area contributed by atoms with Gasteiger partial charge in [-0.05, 0) is 18.2 Å². The molecule has 0 aromatic heterocycles. The van der Waals surface area contributed by atoms with Crippen molar-refractivity contribution in [2.24, 2.45) is 11.5 Å². The second-order valence-electron chi connectivity index (χ2n) is 2.62. The van der Waals surface area contributed by atoms with Gasteiger partial charge in [0, 0.05) is 23.8 Å². The molecule has 66 valence electrons. The van der Waals surface area contributed by atoms with Gasteiger partial charge in [0.25, 0.3) is 0 Å². The van der Waals surface area contributed by atoms with Crippen LogP contribution in [0.2, 0.25) is 0 Å². The second-order valence-corrected chi connectivity index (χ2v) is 2.62. The third-order valence-corrected chi connectivity index (χ3v) is 1.67. The number of nitrogens with two attached hydrogens (primary N) is 3. The highest BCUT2D eigenvalue weighted by molar-refractivity contribution is 5.42. The Kier molecular flexibility index (Phi) is 2.62. The van der Waals surface area contributed by atoms with Crippen LogP contribution in [0.25, 0.3) is 0 Å². The van der Waals surface area contributed by atoms with Crippen molar-refractivity contribution in [2.75, 3.05) is 12.3 Å². The Hall–Kier alpha value is -1.13. The topological polar surface area (TPSA) is 78.1 Å². The van der Waals surface area contributed by atoms with Gasteiger partial charge in [-0.15, -0.1) is 0 Å². The molecule has 0 fully saturated rings. The van der Waals surface area contributed by atoms with E-state index in [0.717, 1.165) is 0 Å². The molecule has 0 heterocycles. The Balaban J connectivity index is 3.04. The van der Waals surface area contributed by atoms with Gasteiger partial charge in [-0.25, -0.2) is 4.39 Å². The van der Waals surface area contributed by atoms with Crippen LogP contribution < -0.4 is 17.2 Å².